The van der Waals surface area contributed by atoms with Crippen LogP contribution >= 0.6 is 0 Å². The van der Waals surface area contributed by atoms with Gasteiger partial charge in [0.1, 0.15) is 5.82 Å². The Bertz CT molecular complexity index is 545. The van der Waals surface area contributed by atoms with Gasteiger partial charge in [0.2, 0.25) is 0 Å². The maximum Gasteiger partial charge on any atom is 0.340 e. The molecular formula is C12H12FNO2. The molecule has 0 saturated carbocycles. The fourth-order valence-corrected chi connectivity index (χ4v) is 1.74. The molecule has 0 N–H and O–H groups in total. The largest absolute Gasteiger partial charge is 0.462 e. The molecule has 1 aromatic carbocycles. The number of aryl methyl sites for hydroxylation is 1. The first-order valence-electron chi connectivity index (χ1n) is 5.05. The fraction of sp³-hybridized carbons (Fsp3) is 0.250. The van der Waals surface area contributed by atoms with Crippen LogP contribution in [0.4, 0.5) is 4.39 Å². The molecule has 0 aliphatic rings. The number of nitrogens with zero attached hydrogens (tertiary/aromatic N) is 1. The Balaban J connectivity index is 2.61. The molecule has 0 spiro atoms. The summed E-state index contributed by atoms with van der Waals surface area (Å²) >= 11 is 0. The van der Waals surface area contributed by atoms with Crippen LogP contribution < -0.4 is 0 Å². The van der Waals surface area contributed by atoms with Gasteiger partial charge in [0.05, 0.1) is 12.2 Å². The summed E-state index contributed by atoms with van der Waals surface area (Å²) in [6.45, 7) is 2.05. The lowest BCUT2D eigenvalue weighted by molar-refractivity contribution is 0.0528. The Labute approximate surface area is 92.4 Å². The van der Waals surface area contributed by atoms with E-state index < -0.39 is 5.97 Å². The van der Waals surface area contributed by atoms with Gasteiger partial charge in [-0.3, -0.25) is 0 Å². The van der Waals surface area contributed by atoms with Crippen LogP contribution in [0.2, 0.25) is 0 Å². The van der Waals surface area contributed by atoms with Crippen LogP contribution in [0.25, 0.3) is 10.9 Å². The number of ether oxygens (including phenoxy) is 1. The second kappa shape index (κ2) is 3.96. The Morgan fingerprint density at radius 2 is 2.25 bits per heavy atom. The smallest absolute Gasteiger partial charge is 0.340 e. The van der Waals surface area contributed by atoms with Crippen LogP contribution in [-0.2, 0) is 11.8 Å². The minimum Gasteiger partial charge on any atom is -0.462 e. The number of carbonyl (C=O) groups is 1. The third-order valence-electron chi connectivity index (χ3n) is 2.45. The van der Waals surface area contributed by atoms with Crippen LogP contribution in [0.15, 0.2) is 24.4 Å². The molecule has 0 aliphatic heterocycles. The Morgan fingerprint density at radius 1 is 1.50 bits per heavy atom. The summed E-state index contributed by atoms with van der Waals surface area (Å²) < 4.78 is 19.8. The topological polar surface area (TPSA) is 31.2 Å². The molecule has 1 heterocycles. The molecule has 2 aromatic rings. The highest BCUT2D eigenvalue weighted by Crippen LogP contribution is 2.22. The molecule has 1 aromatic heterocycles. The third-order valence-corrected chi connectivity index (χ3v) is 2.45. The first kappa shape index (κ1) is 10.7. The molecule has 16 heavy (non-hydrogen) atoms. The normalized spacial score (nSPS) is 10.7. The highest BCUT2D eigenvalue weighted by atomic mass is 19.1. The summed E-state index contributed by atoms with van der Waals surface area (Å²) in [4.78, 5) is 11.6. The molecule has 4 heteroatoms. The quantitative estimate of drug-likeness (QED) is 0.729. The number of esters is 1. The predicted molar refractivity (Wildman–Crippen MR) is 58.8 cm³/mol. The SMILES string of the molecule is CCOC(=O)c1cn(C)c2ccc(F)cc12. The van der Waals surface area contributed by atoms with E-state index in [0.717, 1.165) is 5.52 Å². The van der Waals surface area contributed by atoms with Gasteiger partial charge in [-0.25, -0.2) is 9.18 Å². The molecule has 3 nitrogen and oxygen atoms in total. The number of benzene rings is 1. The maximum atomic E-state index is 13.1. The molecular weight excluding hydrogens is 209 g/mol. The molecule has 0 amide bonds. The molecule has 0 bridgehead atoms. The lowest BCUT2D eigenvalue weighted by atomic mass is 10.2. The highest BCUT2D eigenvalue weighted by molar-refractivity contribution is 6.04. The van der Waals surface area contributed by atoms with E-state index in [1.807, 2.05) is 7.05 Å². The second-order valence-corrected chi connectivity index (χ2v) is 3.54. The standard InChI is InChI=1S/C12H12FNO2/c1-3-16-12(15)10-7-14(2)11-5-4-8(13)6-9(10)11/h4-7H,3H2,1-2H3. The van der Waals surface area contributed by atoms with Gasteiger partial charge in [-0.1, -0.05) is 0 Å². The molecule has 0 saturated heterocycles. The van der Waals surface area contributed by atoms with Crippen molar-refractivity contribution in [2.24, 2.45) is 7.05 Å². The van der Waals surface area contributed by atoms with E-state index in [2.05, 4.69) is 0 Å². The van der Waals surface area contributed by atoms with Crippen molar-refractivity contribution in [2.75, 3.05) is 6.61 Å². The van der Waals surface area contributed by atoms with E-state index in [-0.39, 0.29) is 5.82 Å². The zero-order valence-electron chi connectivity index (χ0n) is 9.16. The van der Waals surface area contributed by atoms with Crippen molar-refractivity contribution in [1.82, 2.24) is 4.57 Å². The number of hydrogen-bond acceptors (Lipinski definition) is 2. The van der Waals surface area contributed by atoms with E-state index in [4.69, 9.17) is 4.74 Å². The first-order chi connectivity index (χ1) is 7.63. The highest BCUT2D eigenvalue weighted by Gasteiger charge is 2.15. The Morgan fingerprint density at radius 3 is 2.94 bits per heavy atom. The summed E-state index contributed by atoms with van der Waals surface area (Å²) in [5.74, 6) is -0.775. The van der Waals surface area contributed by atoms with E-state index in [1.165, 1.54) is 12.1 Å². The number of halogens is 1. The lowest BCUT2D eigenvalue weighted by Gasteiger charge is -1.99. The molecule has 0 atom stereocenters. The molecule has 0 unspecified atom stereocenters. The lowest BCUT2D eigenvalue weighted by Crippen LogP contribution is -2.03. The molecule has 0 aliphatic carbocycles. The second-order valence-electron chi connectivity index (χ2n) is 3.54. The average Bonchev–Trinajstić information content (AvgIpc) is 2.56. The van der Waals surface area contributed by atoms with Gasteiger partial charge in [0.25, 0.3) is 0 Å². The Hall–Kier alpha value is -1.84. The first-order valence-corrected chi connectivity index (χ1v) is 5.05. The fourth-order valence-electron chi connectivity index (χ4n) is 1.74. The number of carbonyl (C=O) groups excluding carboxylic acids is 1. The van der Waals surface area contributed by atoms with E-state index in [1.54, 1.807) is 23.8 Å². The third kappa shape index (κ3) is 1.66. The maximum absolute atomic E-state index is 13.1. The molecule has 2 rings (SSSR count). The van der Waals surface area contributed by atoms with Crippen LogP contribution in [0, 0.1) is 5.82 Å². The monoisotopic (exact) mass is 221 g/mol. The van der Waals surface area contributed by atoms with Gasteiger partial charge in [-0.15, -0.1) is 0 Å². The number of fused-ring (bicyclic) bond motifs is 1. The number of hydrogen-bond donors (Lipinski definition) is 0. The Kier molecular flexibility index (Phi) is 2.64. The predicted octanol–water partition coefficient (Wildman–Crippen LogP) is 2.49. The summed E-state index contributed by atoms with van der Waals surface area (Å²) in [6, 6.07) is 4.37. The van der Waals surface area contributed by atoms with Crippen molar-refractivity contribution in [3.8, 4) is 0 Å². The van der Waals surface area contributed by atoms with Crippen LogP contribution in [0.1, 0.15) is 17.3 Å². The minimum atomic E-state index is -0.418. The van der Waals surface area contributed by atoms with Gasteiger partial charge in [-0.05, 0) is 25.1 Å². The van der Waals surface area contributed by atoms with Gasteiger partial charge >= 0.3 is 5.97 Å². The van der Waals surface area contributed by atoms with Crippen LogP contribution in [0.3, 0.4) is 0 Å². The van der Waals surface area contributed by atoms with Crippen LogP contribution in [-0.4, -0.2) is 17.1 Å². The summed E-state index contributed by atoms with van der Waals surface area (Å²) in [7, 11) is 1.81. The number of aromatic nitrogens is 1. The molecule has 0 fully saturated rings. The number of rotatable bonds is 2. The van der Waals surface area contributed by atoms with Gasteiger partial charge in [0.15, 0.2) is 0 Å². The van der Waals surface area contributed by atoms with Crippen molar-refractivity contribution < 1.29 is 13.9 Å². The zero-order valence-corrected chi connectivity index (χ0v) is 9.16. The van der Waals surface area contributed by atoms with Crippen molar-refractivity contribution in [2.45, 2.75) is 6.92 Å². The van der Waals surface area contributed by atoms with E-state index >= 15 is 0 Å². The van der Waals surface area contributed by atoms with Crippen molar-refractivity contribution in [1.29, 1.82) is 0 Å². The van der Waals surface area contributed by atoms with Crippen LogP contribution in [0.5, 0.6) is 0 Å². The molecule has 84 valence electrons. The van der Waals surface area contributed by atoms with E-state index in [0.29, 0.717) is 17.6 Å². The van der Waals surface area contributed by atoms with Crippen molar-refractivity contribution >= 4 is 16.9 Å². The average molecular weight is 221 g/mol. The summed E-state index contributed by atoms with van der Waals surface area (Å²) in [5.41, 5.74) is 1.21. The van der Waals surface area contributed by atoms with Gasteiger partial charge in [-0.2, -0.15) is 0 Å². The van der Waals surface area contributed by atoms with Crippen molar-refractivity contribution in [3.05, 3.63) is 35.8 Å². The van der Waals surface area contributed by atoms with Gasteiger partial charge in [0, 0.05) is 24.1 Å². The van der Waals surface area contributed by atoms with Gasteiger partial charge < -0.3 is 9.30 Å². The molecule has 0 radical (unpaired) electrons. The minimum absolute atomic E-state index is 0.310. The summed E-state index contributed by atoms with van der Waals surface area (Å²) in [6.07, 6.45) is 1.65. The zero-order chi connectivity index (χ0) is 11.7. The summed E-state index contributed by atoms with van der Waals surface area (Å²) in [5, 5.41) is 0.584. The van der Waals surface area contributed by atoms with Crippen molar-refractivity contribution in [3.63, 3.8) is 0 Å². The van der Waals surface area contributed by atoms with E-state index in [9.17, 15) is 9.18 Å².